The molecule has 0 saturated carbocycles. The maximum atomic E-state index is 12.7. The van der Waals surface area contributed by atoms with E-state index in [1.165, 1.54) is 48.5 Å². The molecule has 4 rings (SSSR count). The number of morpholine rings is 1. The molecule has 2 aliphatic rings. The van der Waals surface area contributed by atoms with Crippen LogP contribution in [0.1, 0.15) is 5.56 Å². The van der Waals surface area contributed by atoms with Gasteiger partial charge in [0.1, 0.15) is 11.4 Å². The molecule has 0 unspecified atom stereocenters. The summed E-state index contributed by atoms with van der Waals surface area (Å²) in [6.07, 6.45) is 1.44. The molecule has 0 radical (unpaired) electrons. The van der Waals surface area contributed by atoms with Crippen molar-refractivity contribution in [3.05, 3.63) is 63.0 Å². The van der Waals surface area contributed by atoms with Gasteiger partial charge >= 0.3 is 10.1 Å². The first kappa shape index (κ1) is 25.5. The molecule has 0 bridgehead atoms. The minimum Gasteiger partial charge on any atom is -0.378 e. The first-order valence-corrected chi connectivity index (χ1v) is 13.2. The van der Waals surface area contributed by atoms with Crippen molar-refractivity contribution in [2.75, 3.05) is 32.8 Å². The molecule has 2 saturated heterocycles. The molecule has 0 aromatic heterocycles. The number of nitrogens with zero attached hydrogens (tertiary/aromatic N) is 2. The second-order valence-corrected chi connectivity index (χ2v) is 10.8. The molecular formula is C22H18Cl2N2O7S2. The van der Waals surface area contributed by atoms with Crippen LogP contribution in [0, 0.1) is 0 Å². The summed E-state index contributed by atoms with van der Waals surface area (Å²) in [5.41, 5.74) is 0.441. The van der Waals surface area contributed by atoms with Crippen LogP contribution in [0.5, 0.6) is 5.75 Å². The molecular weight excluding hydrogens is 539 g/mol. The van der Waals surface area contributed by atoms with E-state index < -0.39 is 21.3 Å². The number of thioether (sulfide) groups is 1. The van der Waals surface area contributed by atoms with Crippen LogP contribution in [-0.4, -0.2) is 68.1 Å². The molecule has 184 valence electrons. The standard InChI is InChI=1S/C22H18Cl2N2O7S2/c23-15-2-4-16(5-3-15)35(30,31)33-18-6-1-14(11-17(18)24)12-19-21(28)26(22(29)34-19)13-20(27)25-7-9-32-10-8-25/h1-6,11-12H,7-10,13H2/b19-12-. The smallest absolute Gasteiger partial charge is 0.339 e. The third-order valence-corrected chi connectivity index (χ3v) is 7.79. The molecule has 2 fully saturated rings. The van der Waals surface area contributed by atoms with Gasteiger partial charge in [-0.2, -0.15) is 8.42 Å². The quantitative estimate of drug-likeness (QED) is 0.391. The lowest BCUT2D eigenvalue weighted by atomic mass is 10.2. The van der Waals surface area contributed by atoms with E-state index >= 15 is 0 Å². The van der Waals surface area contributed by atoms with Gasteiger partial charge < -0.3 is 13.8 Å². The minimum atomic E-state index is -4.14. The highest BCUT2D eigenvalue weighted by Crippen LogP contribution is 2.34. The summed E-state index contributed by atoms with van der Waals surface area (Å²) in [4.78, 5) is 40.0. The Morgan fingerprint density at radius 1 is 1.09 bits per heavy atom. The van der Waals surface area contributed by atoms with E-state index in [0.717, 1.165) is 4.90 Å². The summed E-state index contributed by atoms with van der Waals surface area (Å²) >= 11 is 12.7. The van der Waals surface area contributed by atoms with Crippen molar-refractivity contribution in [1.82, 2.24) is 9.80 Å². The van der Waals surface area contributed by atoms with E-state index in [0.29, 0.717) is 48.7 Å². The van der Waals surface area contributed by atoms with Gasteiger partial charge in [-0.05, 0) is 59.8 Å². The summed E-state index contributed by atoms with van der Waals surface area (Å²) in [5.74, 6) is -1.03. The van der Waals surface area contributed by atoms with E-state index in [1.54, 1.807) is 4.90 Å². The number of imide groups is 1. The highest BCUT2D eigenvalue weighted by molar-refractivity contribution is 8.18. The van der Waals surface area contributed by atoms with Gasteiger partial charge in [-0.25, -0.2) is 0 Å². The van der Waals surface area contributed by atoms with Crippen LogP contribution >= 0.6 is 35.0 Å². The molecule has 0 aliphatic carbocycles. The highest BCUT2D eigenvalue weighted by Gasteiger charge is 2.37. The molecule has 0 spiro atoms. The molecule has 0 atom stereocenters. The normalized spacial score (nSPS) is 17.8. The predicted octanol–water partition coefficient (Wildman–Crippen LogP) is 3.66. The summed E-state index contributed by atoms with van der Waals surface area (Å²) in [7, 11) is -4.14. The highest BCUT2D eigenvalue weighted by atomic mass is 35.5. The maximum Gasteiger partial charge on any atom is 0.339 e. The molecule has 2 heterocycles. The van der Waals surface area contributed by atoms with Crippen molar-refractivity contribution in [3.63, 3.8) is 0 Å². The van der Waals surface area contributed by atoms with Gasteiger partial charge in [0.15, 0.2) is 5.75 Å². The second kappa shape index (κ2) is 10.6. The Labute approximate surface area is 215 Å². The maximum absolute atomic E-state index is 12.7. The molecule has 35 heavy (non-hydrogen) atoms. The topological polar surface area (TPSA) is 110 Å². The lowest BCUT2D eigenvalue weighted by molar-refractivity contribution is -0.139. The number of halogens is 2. The molecule has 2 aliphatic heterocycles. The van der Waals surface area contributed by atoms with Crippen molar-refractivity contribution >= 4 is 68.2 Å². The lowest BCUT2D eigenvalue weighted by Gasteiger charge is -2.28. The van der Waals surface area contributed by atoms with Crippen LogP contribution in [-0.2, 0) is 24.4 Å². The summed E-state index contributed by atoms with van der Waals surface area (Å²) in [6, 6.07) is 9.69. The minimum absolute atomic E-state index is 0.0157. The largest absolute Gasteiger partial charge is 0.378 e. The van der Waals surface area contributed by atoms with Gasteiger partial charge in [0, 0.05) is 18.1 Å². The van der Waals surface area contributed by atoms with Crippen molar-refractivity contribution < 1.29 is 31.7 Å². The number of carbonyl (C=O) groups is 3. The Morgan fingerprint density at radius 3 is 2.43 bits per heavy atom. The van der Waals surface area contributed by atoms with Gasteiger partial charge in [-0.1, -0.05) is 29.3 Å². The molecule has 13 heteroatoms. The summed E-state index contributed by atoms with van der Waals surface area (Å²) in [6.45, 7) is 1.29. The van der Waals surface area contributed by atoms with Crippen LogP contribution in [0.3, 0.4) is 0 Å². The zero-order valence-corrected chi connectivity index (χ0v) is 21.1. The predicted molar refractivity (Wildman–Crippen MR) is 131 cm³/mol. The van der Waals surface area contributed by atoms with Gasteiger partial charge in [-0.3, -0.25) is 19.3 Å². The third-order valence-electron chi connectivity index (χ3n) is 5.09. The van der Waals surface area contributed by atoms with Crippen LogP contribution in [0.2, 0.25) is 10.0 Å². The lowest BCUT2D eigenvalue weighted by Crippen LogP contribution is -2.46. The SMILES string of the molecule is O=C(CN1C(=O)S/C(=C\c2ccc(OS(=O)(=O)c3ccc(Cl)cc3)c(Cl)c2)C1=O)N1CCOCC1. The number of amides is 3. The van der Waals surface area contributed by atoms with Crippen molar-refractivity contribution in [1.29, 1.82) is 0 Å². The number of carbonyl (C=O) groups excluding carboxylic acids is 3. The Hall–Kier alpha value is -2.57. The first-order valence-electron chi connectivity index (χ1n) is 10.2. The monoisotopic (exact) mass is 556 g/mol. The average Bonchev–Trinajstić information content (AvgIpc) is 3.09. The number of rotatable bonds is 6. The van der Waals surface area contributed by atoms with E-state index in [9.17, 15) is 22.8 Å². The van der Waals surface area contributed by atoms with Crippen molar-refractivity contribution in [2.45, 2.75) is 4.90 Å². The van der Waals surface area contributed by atoms with E-state index in [2.05, 4.69) is 0 Å². The fourth-order valence-electron chi connectivity index (χ4n) is 3.28. The molecule has 9 nitrogen and oxygen atoms in total. The van der Waals surface area contributed by atoms with Crippen molar-refractivity contribution in [2.24, 2.45) is 0 Å². The van der Waals surface area contributed by atoms with E-state index in [-0.39, 0.29) is 33.0 Å². The van der Waals surface area contributed by atoms with Crippen molar-refractivity contribution in [3.8, 4) is 5.75 Å². The molecule has 3 amide bonds. The number of hydrogen-bond acceptors (Lipinski definition) is 8. The fourth-order valence-corrected chi connectivity index (χ4v) is 5.46. The van der Waals surface area contributed by atoms with Gasteiger partial charge in [0.2, 0.25) is 5.91 Å². The van der Waals surface area contributed by atoms with E-state index in [1.807, 2.05) is 0 Å². The fraction of sp³-hybridized carbons (Fsp3) is 0.227. The zero-order chi connectivity index (χ0) is 25.2. The molecule has 0 N–H and O–H groups in total. The molecule has 2 aromatic rings. The Morgan fingerprint density at radius 2 is 1.77 bits per heavy atom. The number of benzene rings is 2. The average molecular weight is 557 g/mol. The first-order chi connectivity index (χ1) is 16.6. The van der Waals surface area contributed by atoms with Gasteiger partial charge in [0.25, 0.3) is 11.1 Å². The second-order valence-electron chi connectivity index (χ2n) is 7.44. The van der Waals surface area contributed by atoms with E-state index in [4.69, 9.17) is 32.1 Å². The Balaban J connectivity index is 1.46. The summed E-state index contributed by atoms with van der Waals surface area (Å²) in [5, 5.41) is -0.192. The van der Waals surface area contributed by atoms with Crippen LogP contribution in [0.25, 0.3) is 6.08 Å². The number of hydrogen-bond donors (Lipinski definition) is 0. The Bertz CT molecular complexity index is 1310. The van der Waals surface area contributed by atoms with Gasteiger partial charge in [-0.15, -0.1) is 0 Å². The zero-order valence-electron chi connectivity index (χ0n) is 18.0. The Kier molecular flexibility index (Phi) is 7.72. The summed E-state index contributed by atoms with van der Waals surface area (Å²) < 4.78 is 35.3. The van der Waals surface area contributed by atoms with Crippen LogP contribution in [0.15, 0.2) is 52.3 Å². The van der Waals surface area contributed by atoms with Gasteiger partial charge in [0.05, 0.1) is 23.1 Å². The van der Waals surface area contributed by atoms with Crippen LogP contribution in [0.4, 0.5) is 4.79 Å². The third kappa shape index (κ3) is 5.99. The molecule has 2 aromatic carbocycles. The van der Waals surface area contributed by atoms with Crippen LogP contribution < -0.4 is 4.18 Å². The number of ether oxygens (including phenoxy) is 1.